The van der Waals surface area contributed by atoms with Crippen molar-refractivity contribution in [3.8, 4) is 11.5 Å². The van der Waals surface area contributed by atoms with Crippen LogP contribution >= 0.6 is 0 Å². The second kappa shape index (κ2) is 15.2. The molecule has 7 heteroatoms. The Balaban J connectivity index is 0.000000569. The van der Waals surface area contributed by atoms with Crippen molar-refractivity contribution in [3.05, 3.63) is 131 Å². The summed E-state index contributed by atoms with van der Waals surface area (Å²) in [6.07, 6.45) is 0. The molecule has 0 aromatic heterocycles. The van der Waals surface area contributed by atoms with Crippen LogP contribution in [0.5, 0.6) is 11.5 Å². The summed E-state index contributed by atoms with van der Waals surface area (Å²) >= 11 is 0. The smallest absolute Gasteiger partial charge is 1.00 e. The van der Waals surface area contributed by atoms with Gasteiger partial charge in [0, 0.05) is 22.3 Å². The van der Waals surface area contributed by atoms with Crippen molar-refractivity contribution >= 4 is 11.6 Å². The minimum absolute atomic E-state index is 0. The second-order valence-electron chi connectivity index (χ2n) is 6.49. The van der Waals surface area contributed by atoms with E-state index in [1.165, 1.54) is 12.1 Å². The molecule has 0 amide bonds. The van der Waals surface area contributed by atoms with Crippen molar-refractivity contribution < 1.29 is 70.8 Å². The fourth-order valence-corrected chi connectivity index (χ4v) is 2.81. The van der Waals surface area contributed by atoms with E-state index in [9.17, 15) is 19.8 Å². The van der Waals surface area contributed by atoms with E-state index >= 15 is 0 Å². The minimum atomic E-state index is -0.0773. The monoisotopic (exact) mass is 556 g/mol. The molecule has 2 N–H and O–H groups in total. The molecule has 0 aliphatic carbocycles. The molecule has 4 rings (SSSR count). The Morgan fingerprint density at radius 3 is 1.06 bits per heavy atom. The summed E-state index contributed by atoms with van der Waals surface area (Å²) in [5.41, 5.74) is 2.26. The van der Waals surface area contributed by atoms with E-state index in [2.05, 4.69) is 0 Å². The molecule has 0 unspecified atom stereocenters. The molecule has 166 valence electrons. The van der Waals surface area contributed by atoms with E-state index in [1.54, 1.807) is 60.7 Å². The zero-order chi connectivity index (χ0) is 21.3. The average molecular weight is 559 g/mol. The van der Waals surface area contributed by atoms with E-state index < -0.39 is 0 Å². The number of ketones is 2. The topological polar surface area (TPSA) is 74.6 Å². The maximum Gasteiger partial charge on any atom is 2.00 e. The van der Waals surface area contributed by atoms with Crippen molar-refractivity contribution in [1.29, 1.82) is 0 Å². The van der Waals surface area contributed by atoms with Crippen molar-refractivity contribution in [2.24, 2.45) is 0 Å². The summed E-state index contributed by atoms with van der Waals surface area (Å²) in [6, 6.07) is 30.7. The number of rotatable bonds is 4. The molecule has 4 nitrogen and oxygen atoms in total. The number of halogens is 2. The van der Waals surface area contributed by atoms with Gasteiger partial charge in [-0.2, -0.15) is 0 Å². The maximum absolute atomic E-state index is 11.9. The van der Waals surface area contributed by atoms with Crippen LogP contribution in [0.25, 0.3) is 0 Å². The molecule has 0 fully saturated rings. The Morgan fingerprint density at radius 1 is 0.455 bits per heavy atom. The second-order valence-corrected chi connectivity index (χ2v) is 6.49. The molecule has 33 heavy (non-hydrogen) atoms. The van der Waals surface area contributed by atoms with Crippen LogP contribution in [0.2, 0.25) is 0 Å². The first-order valence-corrected chi connectivity index (χ1v) is 9.32. The van der Waals surface area contributed by atoms with E-state index in [-0.39, 0.29) is 74.1 Å². The van der Waals surface area contributed by atoms with Crippen LogP contribution in [-0.4, -0.2) is 21.8 Å². The Kier molecular flexibility index (Phi) is 13.9. The number of phenols is 2. The molecule has 0 heterocycles. The molecule has 0 radical (unpaired) electrons. The first-order valence-electron chi connectivity index (χ1n) is 9.32. The van der Waals surface area contributed by atoms with E-state index in [0.717, 1.165) is 0 Å². The molecule has 4 aromatic carbocycles. The fraction of sp³-hybridized carbons (Fsp3) is 0. The minimum Gasteiger partial charge on any atom is -1.00 e. The standard InChI is InChI=1S/2C13H10O2.2ClH.Zr/c2*14-12-8-4-7-11(9-12)13(15)10-5-2-1-3-6-10;;;/h2*1-9,14H;2*1H;/q;;;;+2/p-2. The van der Waals surface area contributed by atoms with Crippen LogP contribution < -0.4 is 24.8 Å². The summed E-state index contributed by atoms with van der Waals surface area (Å²) in [5, 5.41) is 18.5. The molecule has 0 atom stereocenters. The van der Waals surface area contributed by atoms with Crippen LogP contribution in [0.1, 0.15) is 31.8 Å². The summed E-state index contributed by atoms with van der Waals surface area (Å²) in [5.74, 6) is 0.0616. The number of carbonyl (C=O) groups excluding carboxylic acids is 2. The summed E-state index contributed by atoms with van der Waals surface area (Å²) in [6.45, 7) is 0. The first-order chi connectivity index (χ1) is 14.5. The number of phenolic OH excluding ortho intramolecular Hbond substituents is 2. The number of hydrogen-bond acceptors (Lipinski definition) is 4. The van der Waals surface area contributed by atoms with E-state index in [4.69, 9.17) is 0 Å². The predicted octanol–water partition coefficient (Wildman–Crippen LogP) is -0.748. The van der Waals surface area contributed by atoms with Crippen LogP contribution in [-0.2, 0) is 26.2 Å². The maximum atomic E-state index is 11.9. The van der Waals surface area contributed by atoms with Crippen molar-refractivity contribution in [2.45, 2.75) is 0 Å². The Labute approximate surface area is 224 Å². The molecule has 0 spiro atoms. The van der Waals surface area contributed by atoms with Gasteiger partial charge in [0.2, 0.25) is 0 Å². The molecule has 0 aliphatic rings. The Bertz CT molecular complexity index is 1060. The third kappa shape index (κ3) is 8.97. The summed E-state index contributed by atoms with van der Waals surface area (Å²) in [7, 11) is 0. The van der Waals surface area contributed by atoms with Crippen molar-refractivity contribution in [1.82, 2.24) is 0 Å². The van der Waals surface area contributed by atoms with Gasteiger partial charge in [-0.3, -0.25) is 9.59 Å². The number of hydrogen-bond donors (Lipinski definition) is 2. The Morgan fingerprint density at radius 2 is 0.758 bits per heavy atom. The zero-order valence-corrected chi connectivity index (χ0v) is 21.3. The third-order valence-corrected chi connectivity index (χ3v) is 4.29. The van der Waals surface area contributed by atoms with Gasteiger partial charge in [-0.15, -0.1) is 0 Å². The Hall–Kier alpha value is -2.72. The number of benzene rings is 4. The van der Waals surface area contributed by atoms with Crippen LogP contribution in [0.4, 0.5) is 0 Å². The SMILES string of the molecule is O=C(c1ccccc1)c1cccc(O)c1.O=C(c1ccccc1)c1cccc(O)c1.[Cl-].[Cl-].[Zr+2]. The van der Waals surface area contributed by atoms with Gasteiger partial charge in [-0.25, -0.2) is 0 Å². The molecular weight excluding hydrogens is 538 g/mol. The van der Waals surface area contributed by atoms with Gasteiger partial charge in [0.1, 0.15) is 11.5 Å². The zero-order valence-electron chi connectivity index (χ0n) is 17.4. The molecule has 4 aromatic rings. The largest absolute Gasteiger partial charge is 2.00 e. The fourth-order valence-electron chi connectivity index (χ4n) is 2.81. The normalized spacial score (nSPS) is 8.97. The van der Waals surface area contributed by atoms with Gasteiger partial charge in [0.15, 0.2) is 11.6 Å². The van der Waals surface area contributed by atoms with E-state index in [0.29, 0.717) is 22.3 Å². The van der Waals surface area contributed by atoms with Crippen LogP contribution in [0.15, 0.2) is 109 Å². The third-order valence-electron chi connectivity index (χ3n) is 4.29. The summed E-state index contributed by atoms with van der Waals surface area (Å²) in [4.78, 5) is 23.8. The average Bonchev–Trinajstić information content (AvgIpc) is 2.80. The van der Waals surface area contributed by atoms with Crippen molar-refractivity contribution in [3.63, 3.8) is 0 Å². The molecule has 0 bridgehead atoms. The van der Waals surface area contributed by atoms with Crippen LogP contribution in [0.3, 0.4) is 0 Å². The number of aromatic hydroxyl groups is 2. The molecular formula is C26H20Cl2O4Zr. The van der Waals surface area contributed by atoms with Gasteiger partial charge in [-0.05, 0) is 24.3 Å². The first kappa shape index (κ1) is 30.3. The molecule has 0 aliphatic heterocycles. The summed E-state index contributed by atoms with van der Waals surface area (Å²) < 4.78 is 0. The van der Waals surface area contributed by atoms with Gasteiger partial charge in [0.25, 0.3) is 0 Å². The van der Waals surface area contributed by atoms with Gasteiger partial charge in [0.05, 0.1) is 0 Å². The molecule has 0 saturated heterocycles. The predicted molar refractivity (Wildman–Crippen MR) is 116 cm³/mol. The van der Waals surface area contributed by atoms with E-state index in [1.807, 2.05) is 36.4 Å². The van der Waals surface area contributed by atoms with Gasteiger partial charge >= 0.3 is 26.2 Å². The number of carbonyl (C=O) groups is 2. The molecule has 0 saturated carbocycles. The van der Waals surface area contributed by atoms with Gasteiger partial charge in [-0.1, -0.05) is 84.9 Å². The quantitative estimate of drug-likeness (QED) is 0.324. The van der Waals surface area contributed by atoms with Crippen molar-refractivity contribution in [2.75, 3.05) is 0 Å². The van der Waals surface area contributed by atoms with Gasteiger partial charge < -0.3 is 35.0 Å². The van der Waals surface area contributed by atoms with Crippen LogP contribution in [0, 0.1) is 0 Å².